The fraction of sp³-hybridized carbons (Fsp3) is 0.300. The highest BCUT2D eigenvalue weighted by molar-refractivity contribution is 9.10. The Labute approximate surface area is 99.1 Å². The van der Waals surface area contributed by atoms with Crippen molar-refractivity contribution in [2.24, 2.45) is 5.73 Å². The van der Waals surface area contributed by atoms with Gasteiger partial charge in [-0.25, -0.2) is 4.98 Å². The molecule has 0 aromatic carbocycles. The number of aromatic nitrogens is 1. The minimum atomic E-state index is 0. The summed E-state index contributed by atoms with van der Waals surface area (Å²) in [6.45, 7) is 5.82. The number of nitrogens with zero attached hydrogens (tertiary/aromatic N) is 1. The molecule has 0 aliphatic heterocycles. The molecule has 0 aliphatic rings. The number of hydrogen-bond donors (Lipinski definition) is 1. The van der Waals surface area contributed by atoms with Gasteiger partial charge >= 0.3 is 0 Å². The molecule has 78 valence electrons. The lowest BCUT2D eigenvalue weighted by molar-refractivity contribution is 0.715. The van der Waals surface area contributed by atoms with Crippen LogP contribution >= 0.6 is 28.3 Å². The summed E-state index contributed by atoms with van der Waals surface area (Å²) in [6, 6.07) is 3.89. The van der Waals surface area contributed by atoms with Gasteiger partial charge in [-0.1, -0.05) is 5.57 Å². The monoisotopic (exact) mass is 276 g/mol. The third-order valence-corrected chi connectivity index (χ3v) is 2.18. The van der Waals surface area contributed by atoms with Gasteiger partial charge < -0.3 is 5.73 Å². The quantitative estimate of drug-likeness (QED) is 0.680. The molecule has 1 aromatic rings. The summed E-state index contributed by atoms with van der Waals surface area (Å²) >= 11 is 3.31. The zero-order valence-electron chi connectivity index (χ0n) is 8.03. The van der Waals surface area contributed by atoms with E-state index in [1.165, 1.54) is 0 Å². The molecule has 0 amide bonds. The van der Waals surface area contributed by atoms with Crippen LogP contribution in [0.4, 0.5) is 0 Å². The fourth-order valence-corrected chi connectivity index (χ4v) is 1.52. The van der Waals surface area contributed by atoms with Crippen LogP contribution in [0.3, 0.4) is 0 Å². The van der Waals surface area contributed by atoms with E-state index in [1.807, 2.05) is 19.1 Å². The molecule has 4 heteroatoms. The lowest BCUT2D eigenvalue weighted by Gasteiger charge is -2.11. The molecule has 0 spiro atoms. The van der Waals surface area contributed by atoms with Crippen LogP contribution in [0.5, 0.6) is 0 Å². The second-order valence-electron chi connectivity index (χ2n) is 3.18. The molecule has 1 aromatic heterocycles. The fourth-order valence-electron chi connectivity index (χ4n) is 1.14. The Morgan fingerprint density at radius 3 is 2.86 bits per heavy atom. The Morgan fingerprint density at radius 2 is 2.36 bits per heavy atom. The van der Waals surface area contributed by atoms with Crippen molar-refractivity contribution in [1.29, 1.82) is 0 Å². The molecular formula is C10H14BrClN2. The molecule has 0 aliphatic carbocycles. The summed E-state index contributed by atoms with van der Waals surface area (Å²) in [5, 5.41) is 0. The van der Waals surface area contributed by atoms with Gasteiger partial charge in [0.1, 0.15) is 4.60 Å². The van der Waals surface area contributed by atoms with E-state index >= 15 is 0 Å². The van der Waals surface area contributed by atoms with Gasteiger partial charge in [-0.2, -0.15) is 0 Å². The number of halogens is 2. The minimum Gasteiger partial charge on any atom is -0.324 e. The van der Waals surface area contributed by atoms with Crippen molar-refractivity contribution < 1.29 is 0 Å². The first-order valence-electron chi connectivity index (χ1n) is 4.11. The maximum atomic E-state index is 5.96. The SMILES string of the molecule is C=C(C)C[C@H](N)c1ccnc(Br)c1.Cl. The summed E-state index contributed by atoms with van der Waals surface area (Å²) in [7, 11) is 0. The molecule has 1 atom stereocenters. The highest BCUT2D eigenvalue weighted by atomic mass is 79.9. The molecule has 0 saturated heterocycles. The van der Waals surface area contributed by atoms with Crippen molar-refractivity contribution in [3.8, 4) is 0 Å². The van der Waals surface area contributed by atoms with Gasteiger partial charge in [0.15, 0.2) is 0 Å². The first-order chi connectivity index (χ1) is 6.09. The maximum Gasteiger partial charge on any atom is 0.106 e. The lowest BCUT2D eigenvalue weighted by atomic mass is 10.0. The predicted molar refractivity (Wildman–Crippen MR) is 65.5 cm³/mol. The average Bonchev–Trinajstić information content (AvgIpc) is 2.03. The topological polar surface area (TPSA) is 38.9 Å². The van der Waals surface area contributed by atoms with Crippen molar-refractivity contribution in [3.63, 3.8) is 0 Å². The largest absolute Gasteiger partial charge is 0.324 e. The molecule has 0 fully saturated rings. The van der Waals surface area contributed by atoms with E-state index in [0.717, 1.165) is 22.2 Å². The average molecular weight is 278 g/mol. The van der Waals surface area contributed by atoms with Crippen molar-refractivity contribution in [3.05, 3.63) is 40.6 Å². The molecule has 2 N–H and O–H groups in total. The van der Waals surface area contributed by atoms with Gasteiger partial charge in [0.2, 0.25) is 0 Å². The molecule has 1 rings (SSSR count). The summed E-state index contributed by atoms with van der Waals surface area (Å²) in [5.74, 6) is 0. The van der Waals surface area contributed by atoms with Crippen LogP contribution < -0.4 is 5.73 Å². The Morgan fingerprint density at radius 1 is 1.71 bits per heavy atom. The third-order valence-electron chi connectivity index (χ3n) is 1.75. The van der Waals surface area contributed by atoms with Crippen LogP contribution in [0, 0.1) is 0 Å². The number of hydrogen-bond acceptors (Lipinski definition) is 2. The second-order valence-corrected chi connectivity index (χ2v) is 3.99. The molecule has 2 nitrogen and oxygen atoms in total. The van der Waals surface area contributed by atoms with Crippen LogP contribution in [-0.2, 0) is 0 Å². The Bertz CT molecular complexity index is 315. The van der Waals surface area contributed by atoms with Crippen molar-refractivity contribution in [2.75, 3.05) is 0 Å². The smallest absolute Gasteiger partial charge is 0.106 e. The molecule has 0 bridgehead atoms. The second kappa shape index (κ2) is 6.17. The molecule has 0 unspecified atom stereocenters. The van der Waals surface area contributed by atoms with Crippen LogP contribution in [0.15, 0.2) is 35.1 Å². The number of nitrogens with two attached hydrogens (primary N) is 1. The van der Waals surface area contributed by atoms with E-state index in [9.17, 15) is 0 Å². The van der Waals surface area contributed by atoms with Crippen LogP contribution in [0.1, 0.15) is 24.9 Å². The van der Waals surface area contributed by atoms with Gasteiger partial charge in [-0.05, 0) is 47.0 Å². The van der Waals surface area contributed by atoms with E-state index in [0.29, 0.717) is 0 Å². The summed E-state index contributed by atoms with van der Waals surface area (Å²) < 4.78 is 0.821. The predicted octanol–water partition coefficient (Wildman–Crippen LogP) is 3.23. The lowest BCUT2D eigenvalue weighted by Crippen LogP contribution is -2.10. The van der Waals surface area contributed by atoms with E-state index < -0.39 is 0 Å². The molecule has 14 heavy (non-hydrogen) atoms. The minimum absolute atomic E-state index is 0. The Kier molecular flexibility index (Phi) is 6.00. The normalized spacial score (nSPS) is 11.6. The van der Waals surface area contributed by atoms with Gasteiger partial charge in [0.25, 0.3) is 0 Å². The van der Waals surface area contributed by atoms with E-state index in [4.69, 9.17) is 5.73 Å². The molecular weight excluding hydrogens is 263 g/mol. The summed E-state index contributed by atoms with van der Waals surface area (Å²) in [4.78, 5) is 4.04. The van der Waals surface area contributed by atoms with Crippen LogP contribution in [0.25, 0.3) is 0 Å². The summed E-state index contributed by atoms with van der Waals surface area (Å²) in [5.41, 5.74) is 8.14. The Balaban J connectivity index is 0.00000169. The van der Waals surface area contributed by atoms with Crippen LogP contribution in [0.2, 0.25) is 0 Å². The zero-order chi connectivity index (χ0) is 9.84. The van der Waals surface area contributed by atoms with Gasteiger partial charge in [0.05, 0.1) is 0 Å². The maximum absolute atomic E-state index is 5.96. The van der Waals surface area contributed by atoms with Crippen molar-refractivity contribution in [2.45, 2.75) is 19.4 Å². The van der Waals surface area contributed by atoms with Crippen molar-refractivity contribution >= 4 is 28.3 Å². The first kappa shape index (κ1) is 13.6. The van der Waals surface area contributed by atoms with Gasteiger partial charge in [0, 0.05) is 12.2 Å². The highest BCUT2D eigenvalue weighted by Crippen LogP contribution is 2.19. The van der Waals surface area contributed by atoms with E-state index in [2.05, 4.69) is 27.5 Å². The highest BCUT2D eigenvalue weighted by Gasteiger charge is 2.05. The zero-order valence-corrected chi connectivity index (χ0v) is 10.4. The van der Waals surface area contributed by atoms with E-state index in [1.54, 1.807) is 6.20 Å². The first-order valence-corrected chi connectivity index (χ1v) is 4.90. The number of rotatable bonds is 3. The summed E-state index contributed by atoms with van der Waals surface area (Å²) in [6.07, 6.45) is 2.56. The van der Waals surface area contributed by atoms with E-state index in [-0.39, 0.29) is 18.4 Å². The standard InChI is InChI=1S/C10H13BrN2.ClH/c1-7(2)5-9(12)8-3-4-13-10(11)6-8;/h3-4,6,9H,1,5,12H2,2H3;1H/t9-;/m0./s1. The third kappa shape index (κ3) is 4.22. The molecule has 0 saturated carbocycles. The van der Waals surface area contributed by atoms with Crippen LogP contribution in [-0.4, -0.2) is 4.98 Å². The molecule has 0 radical (unpaired) electrons. The number of pyridine rings is 1. The van der Waals surface area contributed by atoms with Gasteiger partial charge in [-0.15, -0.1) is 19.0 Å². The van der Waals surface area contributed by atoms with Crippen molar-refractivity contribution in [1.82, 2.24) is 4.98 Å². The van der Waals surface area contributed by atoms with Gasteiger partial charge in [-0.3, -0.25) is 0 Å². The molecule has 1 heterocycles. The Hall–Kier alpha value is -0.380.